The van der Waals surface area contributed by atoms with Crippen molar-refractivity contribution < 1.29 is 4.39 Å². The zero-order valence-electron chi connectivity index (χ0n) is 12.2. The molecule has 1 atom stereocenters. The highest BCUT2D eigenvalue weighted by molar-refractivity contribution is 5.57. The van der Waals surface area contributed by atoms with Crippen molar-refractivity contribution in [1.29, 1.82) is 0 Å². The Bertz CT molecular complexity index is 764. The van der Waals surface area contributed by atoms with Crippen LogP contribution in [0.5, 0.6) is 0 Å². The van der Waals surface area contributed by atoms with Crippen molar-refractivity contribution in [3.05, 3.63) is 71.3 Å². The van der Waals surface area contributed by atoms with Gasteiger partial charge in [-0.2, -0.15) is 5.10 Å². The SMILES string of the molecule is CCNC(c1ccc(F)cc1C)c1cnn2ccccc12. The summed E-state index contributed by atoms with van der Waals surface area (Å²) < 4.78 is 15.2. The molecule has 1 unspecified atom stereocenters. The summed E-state index contributed by atoms with van der Waals surface area (Å²) in [6.07, 6.45) is 3.81. The van der Waals surface area contributed by atoms with Gasteiger partial charge in [-0.05, 0) is 48.9 Å². The summed E-state index contributed by atoms with van der Waals surface area (Å²) in [7, 11) is 0. The second kappa shape index (κ2) is 5.66. The van der Waals surface area contributed by atoms with Gasteiger partial charge in [0.05, 0.1) is 17.8 Å². The van der Waals surface area contributed by atoms with Gasteiger partial charge in [-0.15, -0.1) is 0 Å². The van der Waals surface area contributed by atoms with Gasteiger partial charge in [-0.1, -0.05) is 19.1 Å². The molecule has 2 heterocycles. The fourth-order valence-corrected chi connectivity index (χ4v) is 2.73. The van der Waals surface area contributed by atoms with Crippen molar-refractivity contribution in [2.24, 2.45) is 0 Å². The van der Waals surface area contributed by atoms with Crippen LogP contribution >= 0.6 is 0 Å². The van der Waals surface area contributed by atoms with E-state index >= 15 is 0 Å². The molecule has 3 rings (SSSR count). The molecule has 0 radical (unpaired) electrons. The van der Waals surface area contributed by atoms with E-state index in [0.717, 1.165) is 28.8 Å². The molecule has 0 fully saturated rings. The maximum absolute atomic E-state index is 13.4. The van der Waals surface area contributed by atoms with Gasteiger partial charge in [0.2, 0.25) is 0 Å². The van der Waals surface area contributed by atoms with E-state index in [1.54, 1.807) is 6.07 Å². The number of rotatable bonds is 4. The van der Waals surface area contributed by atoms with Crippen molar-refractivity contribution in [2.75, 3.05) is 6.54 Å². The zero-order chi connectivity index (χ0) is 14.8. The first-order valence-corrected chi connectivity index (χ1v) is 7.12. The second-order valence-electron chi connectivity index (χ2n) is 5.12. The zero-order valence-corrected chi connectivity index (χ0v) is 12.2. The second-order valence-corrected chi connectivity index (χ2v) is 5.12. The third kappa shape index (κ3) is 2.54. The van der Waals surface area contributed by atoms with Crippen molar-refractivity contribution in [3.63, 3.8) is 0 Å². The van der Waals surface area contributed by atoms with E-state index in [-0.39, 0.29) is 11.9 Å². The van der Waals surface area contributed by atoms with Gasteiger partial charge in [0.15, 0.2) is 0 Å². The van der Waals surface area contributed by atoms with Gasteiger partial charge in [0, 0.05) is 11.8 Å². The lowest BCUT2D eigenvalue weighted by molar-refractivity contribution is 0.611. The topological polar surface area (TPSA) is 29.3 Å². The molecule has 108 valence electrons. The van der Waals surface area contributed by atoms with Crippen molar-refractivity contribution in [3.8, 4) is 0 Å². The maximum Gasteiger partial charge on any atom is 0.123 e. The van der Waals surface area contributed by atoms with Crippen LogP contribution in [0.3, 0.4) is 0 Å². The summed E-state index contributed by atoms with van der Waals surface area (Å²) in [5, 5.41) is 7.88. The highest BCUT2D eigenvalue weighted by Gasteiger charge is 2.19. The molecule has 1 aromatic carbocycles. The Kier molecular flexibility index (Phi) is 3.71. The fraction of sp³-hybridized carbons (Fsp3) is 0.235. The van der Waals surface area contributed by atoms with Crippen LogP contribution in [0, 0.1) is 12.7 Å². The molecule has 0 aliphatic rings. The van der Waals surface area contributed by atoms with E-state index in [4.69, 9.17) is 0 Å². The number of hydrogen-bond acceptors (Lipinski definition) is 2. The Balaban J connectivity index is 2.13. The highest BCUT2D eigenvalue weighted by atomic mass is 19.1. The molecule has 0 saturated carbocycles. The van der Waals surface area contributed by atoms with Crippen molar-refractivity contribution in [2.45, 2.75) is 19.9 Å². The van der Waals surface area contributed by atoms with Crippen LogP contribution in [0.15, 0.2) is 48.8 Å². The molecule has 0 amide bonds. The molecule has 1 N–H and O–H groups in total. The predicted molar refractivity (Wildman–Crippen MR) is 81.8 cm³/mol. The summed E-state index contributed by atoms with van der Waals surface area (Å²) >= 11 is 0. The quantitative estimate of drug-likeness (QED) is 0.794. The van der Waals surface area contributed by atoms with Crippen LogP contribution in [-0.2, 0) is 0 Å². The van der Waals surface area contributed by atoms with E-state index in [1.165, 1.54) is 6.07 Å². The van der Waals surface area contributed by atoms with E-state index < -0.39 is 0 Å². The van der Waals surface area contributed by atoms with Gasteiger partial charge in [0.25, 0.3) is 0 Å². The van der Waals surface area contributed by atoms with Gasteiger partial charge >= 0.3 is 0 Å². The van der Waals surface area contributed by atoms with Crippen LogP contribution in [-0.4, -0.2) is 16.2 Å². The average Bonchev–Trinajstić information content (AvgIpc) is 2.89. The lowest BCUT2D eigenvalue weighted by atomic mass is 9.95. The molecule has 0 aliphatic carbocycles. The molecular formula is C17H18FN3. The van der Waals surface area contributed by atoms with Gasteiger partial charge in [0.1, 0.15) is 5.82 Å². The predicted octanol–water partition coefficient (Wildman–Crippen LogP) is 3.48. The van der Waals surface area contributed by atoms with Crippen molar-refractivity contribution in [1.82, 2.24) is 14.9 Å². The van der Waals surface area contributed by atoms with E-state index in [2.05, 4.69) is 17.3 Å². The largest absolute Gasteiger partial charge is 0.306 e. The minimum atomic E-state index is -0.202. The lowest BCUT2D eigenvalue weighted by Crippen LogP contribution is -2.22. The molecular weight excluding hydrogens is 265 g/mol. The minimum Gasteiger partial charge on any atom is -0.306 e. The lowest BCUT2D eigenvalue weighted by Gasteiger charge is -2.20. The number of hydrogen-bond donors (Lipinski definition) is 1. The highest BCUT2D eigenvalue weighted by Crippen LogP contribution is 2.28. The Hall–Kier alpha value is -2.20. The van der Waals surface area contributed by atoms with Crippen LogP contribution in [0.4, 0.5) is 4.39 Å². The standard InChI is InChI=1S/C17H18FN3/c1-3-19-17(14-8-7-13(18)10-12(14)2)15-11-20-21-9-5-4-6-16(15)21/h4-11,17,19H,3H2,1-2H3. The first kappa shape index (κ1) is 13.8. The van der Waals surface area contributed by atoms with Crippen LogP contribution in [0.25, 0.3) is 5.52 Å². The smallest absolute Gasteiger partial charge is 0.123 e. The van der Waals surface area contributed by atoms with Crippen LogP contribution < -0.4 is 5.32 Å². The number of benzene rings is 1. The van der Waals surface area contributed by atoms with Gasteiger partial charge < -0.3 is 5.32 Å². The Labute approximate surface area is 123 Å². The Morgan fingerprint density at radius 2 is 2.10 bits per heavy atom. The number of aryl methyl sites for hydroxylation is 1. The third-order valence-electron chi connectivity index (χ3n) is 3.72. The number of pyridine rings is 1. The molecule has 0 spiro atoms. The fourth-order valence-electron chi connectivity index (χ4n) is 2.73. The molecule has 3 nitrogen and oxygen atoms in total. The number of nitrogens with one attached hydrogen (secondary N) is 1. The normalized spacial score (nSPS) is 12.7. The molecule has 0 aliphatic heterocycles. The van der Waals surface area contributed by atoms with Gasteiger partial charge in [-0.25, -0.2) is 8.91 Å². The van der Waals surface area contributed by atoms with Crippen molar-refractivity contribution >= 4 is 5.52 Å². The minimum absolute atomic E-state index is 0.00972. The maximum atomic E-state index is 13.4. The van der Waals surface area contributed by atoms with Gasteiger partial charge in [-0.3, -0.25) is 0 Å². The van der Waals surface area contributed by atoms with Crippen LogP contribution in [0.2, 0.25) is 0 Å². The Morgan fingerprint density at radius 3 is 2.86 bits per heavy atom. The van der Waals surface area contributed by atoms with E-state index in [0.29, 0.717) is 0 Å². The molecule has 3 aromatic rings. The summed E-state index contributed by atoms with van der Waals surface area (Å²) in [6.45, 7) is 4.83. The molecule has 0 saturated heterocycles. The van der Waals surface area contributed by atoms with E-state index in [9.17, 15) is 4.39 Å². The number of aromatic nitrogens is 2. The molecule has 0 bridgehead atoms. The van der Waals surface area contributed by atoms with Crippen LogP contribution in [0.1, 0.15) is 29.7 Å². The molecule has 4 heteroatoms. The molecule has 21 heavy (non-hydrogen) atoms. The van der Waals surface area contributed by atoms with E-state index in [1.807, 2.05) is 48.1 Å². The average molecular weight is 283 g/mol. The number of halogens is 1. The first-order valence-electron chi connectivity index (χ1n) is 7.12. The summed E-state index contributed by atoms with van der Waals surface area (Å²) in [4.78, 5) is 0. The third-order valence-corrected chi connectivity index (χ3v) is 3.72. The number of fused-ring (bicyclic) bond motifs is 1. The monoisotopic (exact) mass is 283 g/mol. The first-order chi connectivity index (χ1) is 10.2. The number of nitrogens with zero attached hydrogens (tertiary/aromatic N) is 2. The Morgan fingerprint density at radius 1 is 1.24 bits per heavy atom. The molecule has 2 aromatic heterocycles. The summed E-state index contributed by atoms with van der Waals surface area (Å²) in [5.41, 5.74) is 4.19. The summed E-state index contributed by atoms with van der Waals surface area (Å²) in [5.74, 6) is -0.202. The summed E-state index contributed by atoms with van der Waals surface area (Å²) in [6, 6.07) is 11.0.